The average Bonchev–Trinajstić information content (AvgIpc) is 2.97. The number of rotatable bonds is 2. The molecular formula is C17H21ClN4O2. The summed E-state index contributed by atoms with van der Waals surface area (Å²) in [6.45, 7) is 9.89. The van der Waals surface area contributed by atoms with Crippen LogP contribution in [0.2, 0.25) is 5.15 Å². The molecule has 0 atom stereocenters. The summed E-state index contributed by atoms with van der Waals surface area (Å²) >= 11 is 6.07. The lowest BCUT2D eigenvalue weighted by Gasteiger charge is -2.04. The molecule has 0 bridgehead atoms. The number of nitro benzene ring substituents is 1. The van der Waals surface area contributed by atoms with E-state index in [0.717, 1.165) is 10.9 Å². The Morgan fingerprint density at radius 1 is 1.17 bits per heavy atom. The van der Waals surface area contributed by atoms with Crippen molar-refractivity contribution in [2.45, 2.75) is 34.6 Å². The first-order valence-corrected chi connectivity index (χ1v) is 8.18. The van der Waals surface area contributed by atoms with E-state index in [-0.39, 0.29) is 5.69 Å². The molecule has 3 aromatic rings. The standard InChI is InChI=1S/C13H9ClN4O2.2C2H6/c1-8-6-17(13-11(8)12(14)15-7-16-13)9-3-2-4-10(5-9)18(19)20;2*1-2/h2-7H,1H3;2*1-2H3. The van der Waals surface area contributed by atoms with Crippen LogP contribution in [0.5, 0.6) is 0 Å². The van der Waals surface area contributed by atoms with Crippen molar-refractivity contribution < 1.29 is 4.92 Å². The van der Waals surface area contributed by atoms with E-state index < -0.39 is 4.92 Å². The lowest BCUT2D eigenvalue weighted by atomic mass is 10.3. The highest BCUT2D eigenvalue weighted by Crippen LogP contribution is 2.28. The number of hydrogen-bond donors (Lipinski definition) is 0. The Morgan fingerprint density at radius 3 is 2.46 bits per heavy atom. The number of halogens is 1. The summed E-state index contributed by atoms with van der Waals surface area (Å²) in [4.78, 5) is 18.6. The van der Waals surface area contributed by atoms with Crippen molar-refractivity contribution in [1.82, 2.24) is 14.5 Å². The summed E-state index contributed by atoms with van der Waals surface area (Å²) in [5, 5.41) is 12.0. The van der Waals surface area contributed by atoms with Crippen LogP contribution in [0, 0.1) is 17.0 Å². The van der Waals surface area contributed by atoms with Crippen LogP contribution in [0.1, 0.15) is 33.3 Å². The number of fused-ring (bicyclic) bond motifs is 1. The van der Waals surface area contributed by atoms with Crippen LogP contribution in [0.3, 0.4) is 0 Å². The van der Waals surface area contributed by atoms with E-state index in [2.05, 4.69) is 9.97 Å². The Morgan fingerprint density at radius 2 is 1.83 bits per heavy atom. The van der Waals surface area contributed by atoms with E-state index in [1.54, 1.807) is 16.7 Å². The molecule has 0 saturated carbocycles. The van der Waals surface area contributed by atoms with Crippen LogP contribution in [0.4, 0.5) is 5.69 Å². The van der Waals surface area contributed by atoms with Crippen molar-refractivity contribution in [2.75, 3.05) is 0 Å². The van der Waals surface area contributed by atoms with Gasteiger partial charge in [0.1, 0.15) is 17.1 Å². The Labute approximate surface area is 146 Å². The number of nitro groups is 1. The number of aromatic nitrogens is 3. The number of non-ortho nitro benzene ring substituents is 1. The fourth-order valence-corrected chi connectivity index (χ4v) is 2.43. The summed E-state index contributed by atoms with van der Waals surface area (Å²) in [5.41, 5.74) is 2.23. The first kappa shape index (κ1) is 19.6. The van der Waals surface area contributed by atoms with E-state index in [1.807, 2.05) is 40.8 Å². The second-order valence-electron chi connectivity index (χ2n) is 4.32. The maximum absolute atomic E-state index is 10.9. The molecule has 0 unspecified atom stereocenters. The molecule has 7 heteroatoms. The van der Waals surface area contributed by atoms with Gasteiger partial charge in [0.05, 0.1) is 16.0 Å². The monoisotopic (exact) mass is 348 g/mol. The number of hydrogen-bond acceptors (Lipinski definition) is 4. The lowest BCUT2D eigenvalue weighted by molar-refractivity contribution is -0.384. The van der Waals surface area contributed by atoms with Gasteiger partial charge in [-0.25, -0.2) is 9.97 Å². The molecule has 24 heavy (non-hydrogen) atoms. The SMILES string of the molecule is CC.CC.Cc1cn(-c2cccc([N+](=O)[O-])c2)c2ncnc(Cl)c12. The third kappa shape index (κ3) is 3.89. The van der Waals surface area contributed by atoms with Crippen molar-refractivity contribution in [1.29, 1.82) is 0 Å². The number of aryl methyl sites for hydroxylation is 1. The minimum absolute atomic E-state index is 0.0298. The van der Waals surface area contributed by atoms with Gasteiger partial charge in [0, 0.05) is 18.3 Å². The van der Waals surface area contributed by atoms with Gasteiger partial charge in [-0.15, -0.1) is 0 Å². The quantitative estimate of drug-likeness (QED) is 0.356. The summed E-state index contributed by atoms with van der Waals surface area (Å²) in [7, 11) is 0. The van der Waals surface area contributed by atoms with Crippen molar-refractivity contribution in [3.63, 3.8) is 0 Å². The minimum Gasteiger partial charge on any atom is -0.301 e. The van der Waals surface area contributed by atoms with Crippen LogP contribution in [0.15, 0.2) is 36.8 Å². The van der Waals surface area contributed by atoms with Crippen LogP contribution in [-0.2, 0) is 0 Å². The molecule has 0 aliphatic rings. The summed E-state index contributed by atoms with van der Waals surface area (Å²) < 4.78 is 1.77. The molecule has 0 radical (unpaired) electrons. The Hall–Kier alpha value is -2.47. The van der Waals surface area contributed by atoms with Gasteiger partial charge in [-0.05, 0) is 18.6 Å². The Kier molecular flexibility index (Phi) is 7.32. The number of benzene rings is 1. The molecule has 0 saturated heterocycles. The van der Waals surface area contributed by atoms with Gasteiger partial charge >= 0.3 is 0 Å². The fourth-order valence-electron chi connectivity index (χ4n) is 2.15. The van der Waals surface area contributed by atoms with Crippen LogP contribution < -0.4 is 0 Å². The molecule has 0 N–H and O–H groups in total. The zero-order chi connectivity index (χ0) is 18.3. The predicted octanol–water partition coefficient (Wildman–Crippen LogP) is 5.34. The van der Waals surface area contributed by atoms with Crippen LogP contribution in [-0.4, -0.2) is 19.5 Å². The zero-order valence-electron chi connectivity index (χ0n) is 14.4. The lowest BCUT2D eigenvalue weighted by Crippen LogP contribution is -1.96. The number of nitrogens with zero attached hydrogens (tertiary/aromatic N) is 4. The van der Waals surface area contributed by atoms with Crippen LogP contribution >= 0.6 is 11.6 Å². The van der Waals surface area contributed by atoms with E-state index in [4.69, 9.17) is 11.6 Å². The topological polar surface area (TPSA) is 73.8 Å². The predicted molar refractivity (Wildman–Crippen MR) is 98.0 cm³/mol. The summed E-state index contributed by atoms with van der Waals surface area (Å²) in [6, 6.07) is 6.36. The molecule has 0 aliphatic carbocycles. The smallest absolute Gasteiger partial charge is 0.271 e. The van der Waals surface area contributed by atoms with Crippen molar-refractivity contribution in [3.05, 3.63) is 57.6 Å². The molecule has 3 rings (SSSR count). The Balaban J connectivity index is 0.000000671. The van der Waals surface area contributed by atoms with Gasteiger partial charge in [0.25, 0.3) is 5.69 Å². The molecule has 2 heterocycles. The first-order chi connectivity index (χ1) is 11.6. The largest absolute Gasteiger partial charge is 0.301 e. The second-order valence-corrected chi connectivity index (χ2v) is 4.68. The highest BCUT2D eigenvalue weighted by atomic mass is 35.5. The van der Waals surface area contributed by atoms with Crippen LogP contribution in [0.25, 0.3) is 16.7 Å². The van der Waals surface area contributed by atoms with Crippen molar-refractivity contribution in [2.24, 2.45) is 0 Å². The maximum Gasteiger partial charge on any atom is 0.271 e. The van der Waals surface area contributed by atoms with E-state index in [1.165, 1.54) is 18.5 Å². The molecule has 0 aliphatic heterocycles. The van der Waals surface area contributed by atoms with Gasteiger partial charge in [0.2, 0.25) is 0 Å². The third-order valence-corrected chi connectivity index (χ3v) is 3.33. The third-order valence-electron chi connectivity index (χ3n) is 3.05. The van der Waals surface area contributed by atoms with Gasteiger partial charge in [0.15, 0.2) is 0 Å². The normalized spacial score (nSPS) is 9.58. The van der Waals surface area contributed by atoms with Gasteiger partial charge < -0.3 is 4.57 Å². The molecule has 0 amide bonds. The van der Waals surface area contributed by atoms with Crippen molar-refractivity contribution >= 4 is 28.3 Å². The minimum atomic E-state index is -0.427. The zero-order valence-corrected chi connectivity index (χ0v) is 15.2. The maximum atomic E-state index is 10.9. The second kappa shape index (κ2) is 8.98. The van der Waals surface area contributed by atoms with Crippen molar-refractivity contribution in [3.8, 4) is 5.69 Å². The van der Waals surface area contributed by atoms with E-state index in [9.17, 15) is 10.1 Å². The van der Waals surface area contributed by atoms with Gasteiger partial charge in [-0.1, -0.05) is 45.4 Å². The molecule has 0 spiro atoms. The Bertz CT molecular complexity index is 831. The summed E-state index contributed by atoms with van der Waals surface area (Å²) in [5.74, 6) is 0. The molecular weight excluding hydrogens is 328 g/mol. The van der Waals surface area contributed by atoms with Gasteiger partial charge in [-0.3, -0.25) is 10.1 Å². The van der Waals surface area contributed by atoms with E-state index in [0.29, 0.717) is 16.5 Å². The molecule has 1 aromatic carbocycles. The summed E-state index contributed by atoms with van der Waals surface area (Å²) in [6.07, 6.45) is 3.21. The molecule has 128 valence electrons. The fraction of sp³-hybridized carbons (Fsp3) is 0.294. The highest BCUT2D eigenvalue weighted by molar-refractivity contribution is 6.34. The van der Waals surface area contributed by atoms with E-state index >= 15 is 0 Å². The first-order valence-electron chi connectivity index (χ1n) is 7.81. The average molecular weight is 349 g/mol. The highest BCUT2D eigenvalue weighted by Gasteiger charge is 2.14. The molecule has 2 aromatic heterocycles. The molecule has 0 fully saturated rings. The molecule has 6 nitrogen and oxygen atoms in total. The van der Waals surface area contributed by atoms with Gasteiger partial charge in [-0.2, -0.15) is 0 Å².